The topological polar surface area (TPSA) is 64.7 Å². The van der Waals surface area contributed by atoms with Crippen molar-refractivity contribution in [2.45, 2.75) is 10.4 Å². The molecule has 0 saturated heterocycles. The second-order valence-electron chi connectivity index (χ2n) is 3.15. The maximum Gasteiger partial charge on any atom is 0.188 e. The molecule has 2 rings (SSSR count). The predicted molar refractivity (Wildman–Crippen MR) is 63.9 cm³/mol. The van der Waals surface area contributed by atoms with E-state index in [1.54, 1.807) is 42.6 Å². The van der Waals surface area contributed by atoms with E-state index in [4.69, 9.17) is 5.73 Å². The number of hydrogen-bond donors (Lipinski definition) is 1. The van der Waals surface area contributed by atoms with Gasteiger partial charge in [0.1, 0.15) is 0 Å². The van der Waals surface area contributed by atoms with E-state index in [1.165, 1.54) is 0 Å². The lowest BCUT2D eigenvalue weighted by molar-refractivity contribution is 0.906. The second kappa shape index (κ2) is 5.58. The van der Waals surface area contributed by atoms with Crippen LogP contribution in [0.2, 0.25) is 0 Å². The minimum atomic E-state index is 0.172. The van der Waals surface area contributed by atoms with Crippen molar-refractivity contribution >= 4 is 11.8 Å². The van der Waals surface area contributed by atoms with Crippen LogP contribution in [0.5, 0.6) is 0 Å². The van der Waals surface area contributed by atoms with Crippen molar-refractivity contribution in [2.75, 3.05) is 6.54 Å². The molecule has 1 unspecified atom stereocenters. The molecule has 2 aromatic rings. The minimum absolute atomic E-state index is 0.172. The fourth-order valence-electron chi connectivity index (χ4n) is 1.30. The smallest absolute Gasteiger partial charge is 0.188 e. The third-order valence-electron chi connectivity index (χ3n) is 2.08. The molecule has 0 saturated carbocycles. The Bertz CT molecular complexity index is 421. The lowest BCUT2D eigenvalue weighted by atomic mass is 10.2. The molecule has 0 aliphatic carbocycles. The largest absolute Gasteiger partial charge is 0.329 e. The van der Waals surface area contributed by atoms with Gasteiger partial charge in [-0.2, -0.15) is 0 Å². The van der Waals surface area contributed by atoms with E-state index in [0.29, 0.717) is 6.54 Å². The number of nitrogens with two attached hydrogens (primary N) is 1. The quantitative estimate of drug-likeness (QED) is 0.641. The molecule has 0 radical (unpaired) electrons. The molecule has 2 N–H and O–H groups in total. The molecular formula is C11H12N4S. The molecule has 0 aliphatic heterocycles. The van der Waals surface area contributed by atoms with Crippen LogP contribution in [-0.4, -0.2) is 21.5 Å². The molecule has 1 atom stereocenters. The zero-order chi connectivity index (χ0) is 11.2. The van der Waals surface area contributed by atoms with Crippen LogP contribution < -0.4 is 5.73 Å². The van der Waals surface area contributed by atoms with Gasteiger partial charge < -0.3 is 5.73 Å². The van der Waals surface area contributed by atoms with E-state index in [1.807, 2.05) is 12.1 Å². The van der Waals surface area contributed by atoms with E-state index < -0.39 is 0 Å². The summed E-state index contributed by atoms with van der Waals surface area (Å²) in [5.41, 5.74) is 6.90. The average Bonchev–Trinajstić information content (AvgIpc) is 2.38. The van der Waals surface area contributed by atoms with E-state index in [-0.39, 0.29) is 5.25 Å². The lowest BCUT2D eigenvalue weighted by Crippen LogP contribution is -2.09. The van der Waals surface area contributed by atoms with Crippen molar-refractivity contribution in [3.05, 3.63) is 48.5 Å². The number of thioether (sulfide) groups is 1. The fourth-order valence-corrected chi connectivity index (χ4v) is 2.19. The van der Waals surface area contributed by atoms with Gasteiger partial charge in [-0.3, -0.25) is 4.98 Å². The first-order valence-corrected chi connectivity index (χ1v) is 5.82. The Morgan fingerprint density at radius 3 is 2.44 bits per heavy atom. The lowest BCUT2D eigenvalue weighted by Gasteiger charge is -2.12. The Labute approximate surface area is 98.3 Å². The van der Waals surface area contributed by atoms with Crippen molar-refractivity contribution in [3.8, 4) is 0 Å². The molecule has 5 heteroatoms. The molecule has 0 bridgehead atoms. The molecule has 0 aliphatic rings. The third kappa shape index (κ3) is 2.77. The normalized spacial score (nSPS) is 12.3. The van der Waals surface area contributed by atoms with Gasteiger partial charge in [0.05, 0.1) is 0 Å². The van der Waals surface area contributed by atoms with Crippen molar-refractivity contribution in [1.82, 2.24) is 15.0 Å². The molecule has 82 valence electrons. The summed E-state index contributed by atoms with van der Waals surface area (Å²) in [7, 11) is 0. The second-order valence-corrected chi connectivity index (χ2v) is 4.32. The standard InChI is InChI=1S/C11H12N4S/c12-8-10(9-2-6-13-7-3-9)16-11-14-4-1-5-15-11/h1-7,10H,8,12H2. The van der Waals surface area contributed by atoms with Gasteiger partial charge in [-0.25, -0.2) is 9.97 Å². The van der Waals surface area contributed by atoms with E-state index in [9.17, 15) is 0 Å². The summed E-state index contributed by atoms with van der Waals surface area (Å²) in [5, 5.41) is 0.917. The van der Waals surface area contributed by atoms with Gasteiger partial charge in [0, 0.05) is 36.6 Å². The van der Waals surface area contributed by atoms with Gasteiger partial charge in [0.2, 0.25) is 0 Å². The Kier molecular flexibility index (Phi) is 3.85. The van der Waals surface area contributed by atoms with Crippen molar-refractivity contribution in [2.24, 2.45) is 5.73 Å². The number of rotatable bonds is 4. The van der Waals surface area contributed by atoms with Gasteiger partial charge in [0.25, 0.3) is 0 Å². The van der Waals surface area contributed by atoms with Crippen molar-refractivity contribution in [3.63, 3.8) is 0 Å². The minimum Gasteiger partial charge on any atom is -0.329 e. The zero-order valence-electron chi connectivity index (χ0n) is 8.65. The molecule has 2 heterocycles. The Morgan fingerprint density at radius 1 is 1.12 bits per heavy atom. The molecule has 2 aromatic heterocycles. The average molecular weight is 232 g/mol. The fraction of sp³-hybridized carbons (Fsp3) is 0.182. The van der Waals surface area contributed by atoms with E-state index in [0.717, 1.165) is 10.7 Å². The van der Waals surface area contributed by atoms with Gasteiger partial charge in [0.15, 0.2) is 5.16 Å². The summed E-state index contributed by atoms with van der Waals surface area (Å²) in [5.74, 6) is 0. The van der Waals surface area contributed by atoms with Crippen LogP contribution in [-0.2, 0) is 0 Å². The number of aromatic nitrogens is 3. The molecule has 0 fully saturated rings. The van der Waals surface area contributed by atoms with Crippen LogP contribution >= 0.6 is 11.8 Å². The first-order chi connectivity index (χ1) is 7.90. The molecule has 0 spiro atoms. The number of pyridine rings is 1. The van der Waals surface area contributed by atoms with Crippen LogP contribution in [0.3, 0.4) is 0 Å². The van der Waals surface area contributed by atoms with Crippen LogP contribution in [0.1, 0.15) is 10.8 Å². The number of hydrogen-bond acceptors (Lipinski definition) is 5. The molecule has 4 nitrogen and oxygen atoms in total. The highest BCUT2D eigenvalue weighted by Crippen LogP contribution is 2.31. The maximum absolute atomic E-state index is 5.76. The molecule has 16 heavy (non-hydrogen) atoms. The van der Waals surface area contributed by atoms with Crippen LogP contribution in [0.4, 0.5) is 0 Å². The summed E-state index contributed by atoms with van der Waals surface area (Å²) in [6, 6.07) is 5.73. The summed E-state index contributed by atoms with van der Waals surface area (Å²) in [6.07, 6.45) is 7.00. The van der Waals surface area contributed by atoms with Crippen LogP contribution in [0.15, 0.2) is 48.1 Å². The highest BCUT2D eigenvalue weighted by molar-refractivity contribution is 7.99. The van der Waals surface area contributed by atoms with Gasteiger partial charge in [-0.15, -0.1) is 0 Å². The Morgan fingerprint density at radius 2 is 1.81 bits per heavy atom. The summed E-state index contributed by atoms with van der Waals surface area (Å²) in [6.45, 7) is 0.549. The molecule has 0 aromatic carbocycles. The third-order valence-corrected chi connectivity index (χ3v) is 3.25. The van der Waals surface area contributed by atoms with Gasteiger partial charge in [-0.1, -0.05) is 11.8 Å². The van der Waals surface area contributed by atoms with E-state index in [2.05, 4.69) is 15.0 Å². The molecular weight excluding hydrogens is 220 g/mol. The SMILES string of the molecule is NCC(Sc1ncccn1)c1ccncc1. The van der Waals surface area contributed by atoms with Crippen molar-refractivity contribution < 1.29 is 0 Å². The zero-order valence-corrected chi connectivity index (χ0v) is 9.47. The van der Waals surface area contributed by atoms with Gasteiger partial charge >= 0.3 is 0 Å². The monoisotopic (exact) mass is 232 g/mol. The van der Waals surface area contributed by atoms with Crippen LogP contribution in [0, 0.1) is 0 Å². The maximum atomic E-state index is 5.76. The van der Waals surface area contributed by atoms with Crippen molar-refractivity contribution in [1.29, 1.82) is 0 Å². The number of nitrogens with zero attached hydrogens (tertiary/aromatic N) is 3. The summed E-state index contributed by atoms with van der Waals surface area (Å²) in [4.78, 5) is 12.3. The van der Waals surface area contributed by atoms with Gasteiger partial charge in [-0.05, 0) is 23.8 Å². The molecule has 0 amide bonds. The van der Waals surface area contributed by atoms with Crippen LogP contribution in [0.25, 0.3) is 0 Å². The Hall–Kier alpha value is -1.46. The summed E-state index contributed by atoms with van der Waals surface area (Å²) < 4.78 is 0. The highest BCUT2D eigenvalue weighted by atomic mass is 32.2. The summed E-state index contributed by atoms with van der Waals surface area (Å²) >= 11 is 1.57. The first kappa shape index (κ1) is 11.0. The highest BCUT2D eigenvalue weighted by Gasteiger charge is 2.12. The predicted octanol–water partition coefficient (Wildman–Crippen LogP) is 1.66. The Balaban J connectivity index is 2.13. The van der Waals surface area contributed by atoms with E-state index >= 15 is 0 Å². The first-order valence-electron chi connectivity index (χ1n) is 4.94.